The van der Waals surface area contributed by atoms with Crippen LogP contribution in [0.5, 0.6) is 0 Å². The lowest BCUT2D eigenvalue weighted by Crippen LogP contribution is -2.45. The maximum absolute atomic E-state index is 13.1. The van der Waals surface area contributed by atoms with Gasteiger partial charge in [-0.05, 0) is 60.1 Å². The summed E-state index contributed by atoms with van der Waals surface area (Å²) in [6, 6.07) is 0. The first-order valence-corrected chi connectivity index (χ1v) is 11.1. The number of ether oxygens (including phenoxy) is 2. The standard InChI is InChI=1S/C16H24N4O3S.C5H10O2/c1-10-11(9-18-17-3)24-14-12(10)13(21)20(16(2)5-6-16)15(22)19(14)7-8-23-4;1-5(2,3)7-4-6/h17-18H,5-9H2,1-4H3;4H,1-3H3. The van der Waals surface area contributed by atoms with Crippen LogP contribution in [0.1, 0.15) is 51.0 Å². The largest absolute Gasteiger partial charge is 0.462 e. The molecule has 31 heavy (non-hydrogen) atoms. The number of rotatable bonds is 8. The van der Waals surface area contributed by atoms with Crippen molar-refractivity contribution in [2.75, 3.05) is 20.8 Å². The van der Waals surface area contributed by atoms with Crippen LogP contribution >= 0.6 is 11.3 Å². The highest BCUT2D eigenvalue weighted by molar-refractivity contribution is 7.18. The van der Waals surface area contributed by atoms with Crippen molar-refractivity contribution in [2.45, 2.75) is 71.7 Å². The van der Waals surface area contributed by atoms with Crippen LogP contribution in [-0.2, 0) is 32.9 Å². The van der Waals surface area contributed by atoms with Crippen LogP contribution < -0.4 is 22.1 Å². The summed E-state index contributed by atoms with van der Waals surface area (Å²) in [4.78, 5) is 37.4. The van der Waals surface area contributed by atoms with E-state index >= 15 is 0 Å². The third kappa shape index (κ3) is 5.82. The zero-order chi connectivity index (χ0) is 23.4. The Balaban J connectivity index is 0.000000423. The first kappa shape index (κ1) is 25.3. The van der Waals surface area contributed by atoms with Crippen molar-refractivity contribution in [2.24, 2.45) is 0 Å². The Morgan fingerprint density at radius 1 is 1.26 bits per heavy atom. The molecule has 0 bridgehead atoms. The molecule has 3 rings (SSSR count). The van der Waals surface area contributed by atoms with Gasteiger partial charge in [0.2, 0.25) is 0 Å². The number of nitrogens with one attached hydrogen (secondary N) is 2. The van der Waals surface area contributed by atoms with E-state index < -0.39 is 0 Å². The fourth-order valence-corrected chi connectivity index (χ4v) is 4.39. The molecule has 0 aromatic carbocycles. The van der Waals surface area contributed by atoms with E-state index in [1.165, 1.54) is 15.9 Å². The van der Waals surface area contributed by atoms with E-state index in [2.05, 4.69) is 15.6 Å². The Hall–Kier alpha value is -2.01. The molecule has 0 atom stereocenters. The molecule has 0 aliphatic heterocycles. The number of aryl methyl sites for hydroxylation is 1. The number of methoxy groups -OCH3 is 1. The second-order valence-corrected chi connectivity index (χ2v) is 9.91. The highest BCUT2D eigenvalue weighted by atomic mass is 32.1. The van der Waals surface area contributed by atoms with Crippen molar-refractivity contribution in [3.8, 4) is 0 Å². The van der Waals surface area contributed by atoms with Crippen molar-refractivity contribution in [1.29, 1.82) is 0 Å². The summed E-state index contributed by atoms with van der Waals surface area (Å²) >= 11 is 1.50. The molecule has 1 aliphatic carbocycles. The summed E-state index contributed by atoms with van der Waals surface area (Å²) in [5.41, 5.74) is 5.87. The van der Waals surface area contributed by atoms with Crippen LogP contribution in [-0.4, -0.2) is 42.0 Å². The summed E-state index contributed by atoms with van der Waals surface area (Å²) in [5, 5.41) is 0.664. The molecule has 0 saturated heterocycles. The van der Waals surface area contributed by atoms with Gasteiger partial charge in [0.05, 0.1) is 24.1 Å². The monoisotopic (exact) mass is 454 g/mol. The quantitative estimate of drug-likeness (QED) is 0.464. The van der Waals surface area contributed by atoms with Crippen molar-refractivity contribution in [1.82, 2.24) is 20.0 Å². The molecule has 2 heterocycles. The predicted octanol–water partition coefficient (Wildman–Crippen LogP) is 1.87. The molecule has 1 fully saturated rings. The summed E-state index contributed by atoms with van der Waals surface area (Å²) in [6.07, 6.45) is 1.74. The lowest BCUT2D eigenvalue weighted by atomic mass is 10.2. The van der Waals surface area contributed by atoms with Crippen LogP contribution in [0.15, 0.2) is 9.59 Å². The molecule has 0 radical (unpaired) electrons. The number of hydrogen-bond acceptors (Lipinski definition) is 8. The minimum Gasteiger partial charge on any atom is -0.462 e. The fraction of sp³-hybridized carbons (Fsp3) is 0.667. The second kappa shape index (κ2) is 10.1. The van der Waals surface area contributed by atoms with Gasteiger partial charge in [0, 0.05) is 18.5 Å². The molecule has 2 N–H and O–H groups in total. The number of fused-ring (bicyclic) bond motifs is 1. The van der Waals surface area contributed by atoms with E-state index in [0.29, 0.717) is 31.6 Å². The van der Waals surface area contributed by atoms with Crippen molar-refractivity contribution >= 4 is 28.0 Å². The van der Waals surface area contributed by atoms with Crippen molar-refractivity contribution in [3.63, 3.8) is 0 Å². The Morgan fingerprint density at radius 2 is 1.90 bits per heavy atom. The average molecular weight is 455 g/mol. The van der Waals surface area contributed by atoms with Crippen LogP contribution in [0.2, 0.25) is 0 Å². The van der Waals surface area contributed by atoms with E-state index in [0.717, 1.165) is 28.1 Å². The van der Waals surface area contributed by atoms with Crippen LogP contribution in [0, 0.1) is 6.92 Å². The van der Waals surface area contributed by atoms with Gasteiger partial charge in [0.1, 0.15) is 10.4 Å². The second-order valence-electron chi connectivity index (χ2n) is 8.82. The van der Waals surface area contributed by atoms with E-state index in [9.17, 15) is 14.4 Å². The van der Waals surface area contributed by atoms with E-state index in [-0.39, 0.29) is 22.4 Å². The molecular formula is C21H34N4O5S. The van der Waals surface area contributed by atoms with Gasteiger partial charge in [-0.1, -0.05) is 0 Å². The smallest absolute Gasteiger partial charge is 0.332 e. The van der Waals surface area contributed by atoms with Crippen LogP contribution in [0.4, 0.5) is 0 Å². The minimum atomic E-state index is -0.338. The lowest BCUT2D eigenvalue weighted by molar-refractivity contribution is -0.138. The molecule has 0 unspecified atom stereocenters. The lowest BCUT2D eigenvalue weighted by Gasteiger charge is -2.16. The third-order valence-electron chi connectivity index (χ3n) is 5.17. The molecule has 1 aliphatic rings. The molecule has 1 saturated carbocycles. The summed E-state index contributed by atoms with van der Waals surface area (Å²) in [7, 11) is 3.42. The van der Waals surface area contributed by atoms with Gasteiger partial charge in [0.15, 0.2) is 0 Å². The molecular weight excluding hydrogens is 420 g/mol. The zero-order valence-corrected chi connectivity index (χ0v) is 20.3. The van der Waals surface area contributed by atoms with Gasteiger partial charge < -0.3 is 9.47 Å². The van der Waals surface area contributed by atoms with E-state index in [1.54, 1.807) is 18.7 Å². The summed E-state index contributed by atoms with van der Waals surface area (Å²) in [5.74, 6) is 0. The molecule has 9 nitrogen and oxygen atoms in total. The number of aromatic nitrogens is 2. The van der Waals surface area contributed by atoms with Gasteiger partial charge >= 0.3 is 5.69 Å². The number of hydrazine groups is 1. The first-order valence-electron chi connectivity index (χ1n) is 10.3. The number of carbonyl (C=O) groups is 1. The highest BCUT2D eigenvalue weighted by Crippen LogP contribution is 2.41. The maximum atomic E-state index is 13.1. The average Bonchev–Trinajstić information content (AvgIpc) is 3.32. The molecule has 10 heteroatoms. The number of carbonyl (C=O) groups excluding carboxylic acids is 1. The zero-order valence-electron chi connectivity index (χ0n) is 19.5. The fourth-order valence-electron chi connectivity index (χ4n) is 3.13. The van der Waals surface area contributed by atoms with Gasteiger partial charge in [-0.15, -0.1) is 11.3 Å². The van der Waals surface area contributed by atoms with Crippen molar-refractivity contribution in [3.05, 3.63) is 31.3 Å². The van der Waals surface area contributed by atoms with Crippen LogP contribution in [0.3, 0.4) is 0 Å². The summed E-state index contributed by atoms with van der Waals surface area (Å²) in [6.45, 7) is 11.3. The van der Waals surface area contributed by atoms with Gasteiger partial charge in [-0.3, -0.25) is 29.6 Å². The van der Waals surface area contributed by atoms with E-state index in [4.69, 9.17) is 4.74 Å². The number of thiophene rings is 1. The molecule has 2 aromatic rings. The van der Waals surface area contributed by atoms with Crippen LogP contribution in [0.25, 0.3) is 10.2 Å². The Labute approximate surface area is 186 Å². The van der Waals surface area contributed by atoms with E-state index in [1.807, 2.05) is 34.6 Å². The molecule has 2 aromatic heterocycles. The number of hydrogen-bond donors (Lipinski definition) is 2. The molecule has 0 spiro atoms. The summed E-state index contributed by atoms with van der Waals surface area (Å²) < 4.78 is 12.9. The Morgan fingerprint density at radius 3 is 2.35 bits per heavy atom. The topological polar surface area (TPSA) is 104 Å². The van der Waals surface area contributed by atoms with Gasteiger partial charge in [-0.25, -0.2) is 4.79 Å². The third-order valence-corrected chi connectivity index (χ3v) is 6.49. The van der Waals surface area contributed by atoms with Gasteiger partial charge in [0.25, 0.3) is 12.0 Å². The van der Waals surface area contributed by atoms with Crippen molar-refractivity contribution < 1.29 is 14.3 Å². The SMILES string of the molecule is CC(C)(C)OC=O.CNNCc1sc2c(c1C)c(=O)n(C1(C)CC1)c(=O)n2CCOC. The Kier molecular flexibility index (Phi) is 8.21. The minimum absolute atomic E-state index is 0.159. The highest BCUT2D eigenvalue weighted by Gasteiger charge is 2.43. The van der Waals surface area contributed by atoms with Gasteiger partial charge in [-0.2, -0.15) is 0 Å². The molecule has 174 valence electrons. The normalized spacial score (nSPS) is 14.8. The first-order chi connectivity index (χ1) is 14.5. The predicted molar refractivity (Wildman–Crippen MR) is 123 cm³/mol. The molecule has 0 amide bonds. The maximum Gasteiger partial charge on any atom is 0.332 e. The Bertz CT molecular complexity index is 1030. The number of nitrogens with zero attached hydrogens (tertiary/aromatic N) is 2.